The minimum Gasteiger partial charge on any atom is -0.451 e. The maximum absolute atomic E-state index is 12.0. The van der Waals surface area contributed by atoms with Crippen molar-refractivity contribution < 1.29 is 9.21 Å². The molecule has 2 aromatic carbocycles. The van der Waals surface area contributed by atoms with Crippen molar-refractivity contribution in [2.75, 3.05) is 0 Å². The summed E-state index contributed by atoms with van der Waals surface area (Å²) < 4.78 is 6.40. The molecular formula is C16H10BrClN2O2. The maximum atomic E-state index is 12.0. The van der Waals surface area contributed by atoms with Crippen molar-refractivity contribution in [3.63, 3.8) is 0 Å². The summed E-state index contributed by atoms with van der Waals surface area (Å²) in [6.07, 6.45) is 1.49. The van der Waals surface area contributed by atoms with Gasteiger partial charge in [0.15, 0.2) is 5.76 Å². The summed E-state index contributed by atoms with van der Waals surface area (Å²) in [6.45, 7) is 0. The Morgan fingerprint density at radius 1 is 1.23 bits per heavy atom. The van der Waals surface area contributed by atoms with Crippen LogP contribution in [-0.2, 0) is 0 Å². The molecule has 1 amide bonds. The predicted octanol–water partition coefficient (Wildman–Crippen LogP) is 4.61. The Labute approximate surface area is 139 Å². The molecule has 4 nitrogen and oxygen atoms in total. The standard InChI is InChI=1S/C16H10BrClN2O2/c17-12-5-6-14-11(7-12)8-15(22-14)16(21)20-19-9-10-3-1-2-4-13(10)18/h1-9H,(H,20,21)/b19-9+. The highest BCUT2D eigenvalue weighted by Gasteiger charge is 2.11. The number of rotatable bonds is 3. The molecule has 1 N–H and O–H groups in total. The van der Waals surface area contributed by atoms with E-state index in [-0.39, 0.29) is 5.76 Å². The quantitative estimate of drug-likeness (QED) is 0.535. The highest BCUT2D eigenvalue weighted by molar-refractivity contribution is 9.10. The van der Waals surface area contributed by atoms with E-state index in [1.807, 2.05) is 24.3 Å². The zero-order chi connectivity index (χ0) is 15.5. The van der Waals surface area contributed by atoms with Gasteiger partial charge in [-0.2, -0.15) is 5.10 Å². The summed E-state index contributed by atoms with van der Waals surface area (Å²) >= 11 is 9.37. The van der Waals surface area contributed by atoms with Crippen molar-refractivity contribution in [3.8, 4) is 0 Å². The van der Waals surface area contributed by atoms with Crippen LogP contribution in [0.25, 0.3) is 11.0 Å². The van der Waals surface area contributed by atoms with Crippen molar-refractivity contribution in [3.05, 3.63) is 69.3 Å². The van der Waals surface area contributed by atoms with Gasteiger partial charge in [0.05, 0.1) is 6.21 Å². The number of carbonyl (C=O) groups excluding carboxylic acids is 1. The van der Waals surface area contributed by atoms with Crippen molar-refractivity contribution in [2.45, 2.75) is 0 Å². The maximum Gasteiger partial charge on any atom is 0.307 e. The second-order valence-electron chi connectivity index (χ2n) is 4.51. The fraction of sp³-hybridized carbons (Fsp3) is 0. The van der Waals surface area contributed by atoms with E-state index in [1.165, 1.54) is 6.21 Å². The second kappa shape index (κ2) is 6.34. The lowest BCUT2D eigenvalue weighted by Crippen LogP contribution is -2.16. The Hall–Kier alpha value is -2.11. The first-order chi connectivity index (χ1) is 10.6. The van der Waals surface area contributed by atoms with Gasteiger partial charge < -0.3 is 4.42 Å². The van der Waals surface area contributed by atoms with Gasteiger partial charge >= 0.3 is 5.91 Å². The molecule has 0 saturated heterocycles. The minimum absolute atomic E-state index is 0.199. The van der Waals surface area contributed by atoms with Crippen LogP contribution >= 0.6 is 27.5 Å². The van der Waals surface area contributed by atoms with Crippen LogP contribution in [-0.4, -0.2) is 12.1 Å². The van der Waals surface area contributed by atoms with Crippen LogP contribution in [0, 0.1) is 0 Å². The molecule has 0 bridgehead atoms. The first-order valence-corrected chi connectivity index (χ1v) is 7.57. The fourth-order valence-electron chi connectivity index (χ4n) is 1.92. The molecule has 0 unspecified atom stereocenters. The van der Waals surface area contributed by atoms with Gasteiger partial charge in [0, 0.05) is 20.4 Å². The summed E-state index contributed by atoms with van der Waals surface area (Å²) in [7, 11) is 0. The number of furan rings is 1. The molecule has 3 aromatic rings. The Morgan fingerprint density at radius 3 is 2.86 bits per heavy atom. The number of fused-ring (bicyclic) bond motifs is 1. The van der Waals surface area contributed by atoms with E-state index >= 15 is 0 Å². The molecule has 0 aliphatic carbocycles. The molecule has 0 atom stereocenters. The average molecular weight is 378 g/mol. The lowest BCUT2D eigenvalue weighted by Gasteiger charge is -1.97. The Bertz CT molecular complexity index is 873. The SMILES string of the molecule is O=C(N/N=C/c1ccccc1Cl)c1cc2cc(Br)ccc2o1. The van der Waals surface area contributed by atoms with Gasteiger partial charge in [0.2, 0.25) is 0 Å². The van der Waals surface area contributed by atoms with Gasteiger partial charge in [0.25, 0.3) is 0 Å². The van der Waals surface area contributed by atoms with Gasteiger partial charge in [-0.3, -0.25) is 4.79 Å². The third-order valence-corrected chi connectivity index (χ3v) is 3.81. The molecular weight excluding hydrogens is 368 g/mol. The molecule has 0 fully saturated rings. The Balaban J connectivity index is 1.75. The lowest BCUT2D eigenvalue weighted by molar-refractivity contribution is 0.0929. The number of amides is 1. The Kier molecular flexibility index (Phi) is 4.27. The van der Waals surface area contributed by atoms with Gasteiger partial charge in [-0.05, 0) is 30.3 Å². The molecule has 110 valence electrons. The van der Waals surface area contributed by atoms with E-state index in [2.05, 4.69) is 26.5 Å². The van der Waals surface area contributed by atoms with E-state index in [4.69, 9.17) is 16.0 Å². The average Bonchev–Trinajstić information content (AvgIpc) is 2.92. The highest BCUT2D eigenvalue weighted by Crippen LogP contribution is 2.23. The van der Waals surface area contributed by atoms with E-state index in [1.54, 1.807) is 24.3 Å². The van der Waals surface area contributed by atoms with Crippen molar-refractivity contribution in [1.29, 1.82) is 0 Å². The van der Waals surface area contributed by atoms with E-state index in [0.717, 1.165) is 15.4 Å². The highest BCUT2D eigenvalue weighted by atomic mass is 79.9. The third kappa shape index (κ3) is 3.21. The van der Waals surface area contributed by atoms with Crippen LogP contribution in [0.15, 0.2) is 62.5 Å². The molecule has 3 rings (SSSR count). The zero-order valence-electron chi connectivity index (χ0n) is 11.2. The normalized spacial score (nSPS) is 11.2. The molecule has 1 heterocycles. The van der Waals surface area contributed by atoms with Crippen LogP contribution in [0.5, 0.6) is 0 Å². The largest absolute Gasteiger partial charge is 0.451 e. The van der Waals surface area contributed by atoms with E-state index in [9.17, 15) is 4.79 Å². The zero-order valence-corrected chi connectivity index (χ0v) is 13.6. The summed E-state index contributed by atoms with van der Waals surface area (Å²) in [4.78, 5) is 12.0. The molecule has 0 spiro atoms. The van der Waals surface area contributed by atoms with Crippen molar-refractivity contribution in [1.82, 2.24) is 5.43 Å². The number of nitrogens with one attached hydrogen (secondary N) is 1. The molecule has 0 aliphatic rings. The van der Waals surface area contributed by atoms with E-state index in [0.29, 0.717) is 10.6 Å². The minimum atomic E-state index is -0.421. The van der Waals surface area contributed by atoms with Crippen molar-refractivity contribution in [2.24, 2.45) is 5.10 Å². The molecule has 0 radical (unpaired) electrons. The number of benzene rings is 2. The van der Waals surface area contributed by atoms with E-state index < -0.39 is 5.91 Å². The van der Waals surface area contributed by atoms with Gasteiger partial charge in [-0.1, -0.05) is 45.7 Å². The molecule has 6 heteroatoms. The van der Waals surface area contributed by atoms with Crippen molar-refractivity contribution >= 4 is 50.6 Å². The third-order valence-electron chi connectivity index (χ3n) is 2.98. The monoisotopic (exact) mass is 376 g/mol. The number of hydrazone groups is 1. The number of carbonyl (C=O) groups is 1. The first-order valence-electron chi connectivity index (χ1n) is 6.40. The molecule has 1 aromatic heterocycles. The molecule has 22 heavy (non-hydrogen) atoms. The van der Waals surface area contributed by atoms with Crippen LogP contribution in [0.2, 0.25) is 5.02 Å². The molecule has 0 aliphatic heterocycles. The van der Waals surface area contributed by atoms with Crippen LogP contribution in [0.4, 0.5) is 0 Å². The van der Waals surface area contributed by atoms with Crippen LogP contribution < -0.4 is 5.43 Å². The summed E-state index contributed by atoms with van der Waals surface area (Å²) in [5.41, 5.74) is 3.78. The smallest absolute Gasteiger partial charge is 0.307 e. The van der Waals surface area contributed by atoms with Gasteiger partial charge in [0.1, 0.15) is 5.58 Å². The first kappa shape index (κ1) is 14.8. The summed E-state index contributed by atoms with van der Waals surface area (Å²) in [5.74, 6) is -0.222. The summed E-state index contributed by atoms with van der Waals surface area (Å²) in [6, 6.07) is 14.4. The molecule has 0 saturated carbocycles. The number of halogens is 2. The topological polar surface area (TPSA) is 54.6 Å². The fourth-order valence-corrected chi connectivity index (χ4v) is 2.48. The van der Waals surface area contributed by atoms with Crippen LogP contribution in [0.1, 0.15) is 16.1 Å². The van der Waals surface area contributed by atoms with Gasteiger partial charge in [-0.25, -0.2) is 5.43 Å². The number of hydrogen-bond acceptors (Lipinski definition) is 3. The number of nitrogens with zero attached hydrogens (tertiary/aromatic N) is 1. The Morgan fingerprint density at radius 2 is 2.05 bits per heavy atom. The summed E-state index contributed by atoms with van der Waals surface area (Å²) in [5, 5.41) is 5.29. The predicted molar refractivity (Wildman–Crippen MR) is 90.4 cm³/mol. The number of hydrogen-bond donors (Lipinski definition) is 1. The van der Waals surface area contributed by atoms with Crippen LogP contribution in [0.3, 0.4) is 0 Å². The van der Waals surface area contributed by atoms with Gasteiger partial charge in [-0.15, -0.1) is 0 Å². The lowest BCUT2D eigenvalue weighted by atomic mass is 10.2. The second-order valence-corrected chi connectivity index (χ2v) is 5.84.